The number of methoxy groups -OCH3 is 1. The normalized spacial score (nSPS) is 30.1. The maximum absolute atomic E-state index is 6.22. The van der Waals surface area contributed by atoms with E-state index >= 15 is 0 Å². The molecule has 1 aliphatic carbocycles. The predicted molar refractivity (Wildman–Crippen MR) is 111 cm³/mol. The van der Waals surface area contributed by atoms with Crippen molar-refractivity contribution in [2.45, 2.75) is 50.9 Å². The van der Waals surface area contributed by atoms with Crippen molar-refractivity contribution in [1.29, 1.82) is 0 Å². The standard InChI is InChI=1S/C23H29ClN2O/c1-15-8-9-17-13-20(15)26-23(16-6-4-3-5-7-16)22(17)25-14-18-12-19(24)10-11-21(18)27-2/h3-7,10-12,15,17,20,22-23,25-26H,8-9,13-14H2,1-2H3. The number of piperidine rings is 1. The minimum atomic E-state index is 0.336. The zero-order valence-electron chi connectivity index (χ0n) is 16.1. The lowest BCUT2D eigenvalue weighted by molar-refractivity contribution is 0.0931. The van der Waals surface area contributed by atoms with E-state index in [1.165, 1.54) is 24.8 Å². The molecule has 2 aromatic carbocycles. The molecule has 5 atom stereocenters. The molecule has 1 saturated carbocycles. The van der Waals surface area contributed by atoms with E-state index in [2.05, 4.69) is 47.9 Å². The van der Waals surface area contributed by atoms with Crippen molar-refractivity contribution >= 4 is 11.6 Å². The van der Waals surface area contributed by atoms with Crippen LogP contribution in [0.15, 0.2) is 48.5 Å². The van der Waals surface area contributed by atoms with Crippen LogP contribution in [-0.4, -0.2) is 19.2 Å². The second kappa shape index (κ2) is 8.22. The van der Waals surface area contributed by atoms with E-state index in [0.29, 0.717) is 24.0 Å². The highest BCUT2D eigenvalue weighted by Gasteiger charge is 2.42. The molecule has 2 fully saturated rings. The Morgan fingerprint density at radius 3 is 2.74 bits per heavy atom. The van der Waals surface area contributed by atoms with Gasteiger partial charge in [-0.3, -0.25) is 0 Å². The van der Waals surface area contributed by atoms with Gasteiger partial charge in [0.15, 0.2) is 0 Å². The summed E-state index contributed by atoms with van der Waals surface area (Å²) in [6, 6.07) is 18.1. The number of hydrogen-bond donors (Lipinski definition) is 2. The fraction of sp³-hybridized carbons (Fsp3) is 0.478. The topological polar surface area (TPSA) is 33.3 Å². The summed E-state index contributed by atoms with van der Waals surface area (Å²) < 4.78 is 5.53. The molecule has 3 nitrogen and oxygen atoms in total. The summed E-state index contributed by atoms with van der Waals surface area (Å²) in [5.41, 5.74) is 2.49. The molecule has 4 heteroatoms. The Labute approximate surface area is 167 Å². The molecule has 1 saturated heterocycles. The van der Waals surface area contributed by atoms with Gasteiger partial charge in [0.2, 0.25) is 0 Å². The molecule has 0 radical (unpaired) electrons. The third-order valence-electron chi connectivity index (χ3n) is 6.43. The van der Waals surface area contributed by atoms with Crippen LogP contribution in [0.3, 0.4) is 0 Å². The molecular formula is C23H29ClN2O. The highest BCUT2D eigenvalue weighted by Crippen LogP contribution is 2.40. The minimum absolute atomic E-state index is 0.336. The number of ether oxygens (including phenoxy) is 1. The lowest BCUT2D eigenvalue weighted by Crippen LogP contribution is -2.58. The first-order chi connectivity index (χ1) is 13.2. The van der Waals surface area contributed by atoms with Crippen molar-refractivity contribution in [2.75, 3.05) is 7.11 Å². The molecule has 4 rings (SSSR count). The molecule has 2 N–H and O–H groups in total. The summed E-state index contributed by atoms with van der Waals surface area (Å²) >= 11 is 6.22. The van der Waals surface area contributed by atoms with Gasteiger partial charge in [-0.25, -0.2) is 0 Å². The fourth-order valence-electron chi connectivity index (χ4n) is 4.88. The molecule has 144 valence electrons. The fourth-order valence-corrected chi connectivity index (χ4v) is 5.08. The van der Waals surface area contributed by atoms with Crippen LogP contribution in [0.1, 0.15) is 43.4 Å². The Balaban J connectivity index is 1.57. The lowest BCUT2D eigenvalue weighted by Gasteiger charge is -2.49. The van der Waals surface area contributed by atoms with Crippen molar-refractivity contribution in [3.63, 3.8) is 0 Å². The van der Waals surface area contributed by atoms with Crippen molar-refractivity contribution in [2.24, 2.45) is 11.8 Å². The molecule has 0 amide bonds. The van der Waals surface area contributed by atoms with Crippen LogP contribution in [0, 0.1) is 11.8 Å². The third-order valence-corrected chi connectivity index (χ3v) is 6.66. The van der Waals surface area contributed by atoms with E-state index in [-0.39, 0.29) is 0 Å². The molecule has 27 heavy (non-hydrogen) atoms. The summed E-state index contributed by atoms with van der Waals surface area (Å²) in [7, 11) is 1.72. The number of halogens is 1. The van der Waals surface area contributed by atoms with Gasteiger partial charge in [0.1, 0.15) is 5.75 Å². The summed E-state index contributed by atoms with van der Waals surface area (Å²) in [6.07, 6.45) is 3.87. The Morgan fingerprint density at radius 2 is 1.96 bits per heavy atom. The molecule has 0 aromatic heterocycles. The highest BCUT2D eigenvalue weighted by molar-refractivity contribution is 6.30. The van der Waals surface area contributed by atoms with Gasteiger partial charge in [-0.2, -0.15) is 0 Å². The van der Waals surface area contributed by atoms with E-state index in [9.17, 15) is 0 Å². The molecule has 2 bridgehead atoms. The van der Waals surface area contributed by atoms with Gasteiger partial charge >= 0.3 is 0 Å². The monoisotopic (exact) mass is 384 g/mol. The summed E-state index contributed by atoms with van der Waals surface area (Å²) in [4.78, 5) is 0. The first-order valence-electron chi connectivity index (χ1n) is 10.0. The number of fused-ring (bicyclic) bond motifs is 2. The molecule has 2 aromatic rings. The number of nitrogens with one attached hydrogen (secondary N) is 2. The Hall–Kier alpha value is -1.55. The summed E-state index contributed by atoms with van der Waals surface area (Å²) in [6.45, 7) is 3.15. The molecule has 1 heterocycles. The molecule has 1 aliphatic heterocycles. The van der Waals surface area contributed by atoms with Gasteiger partial charge in [0.25, 0.3) is 0 Å². The average Bonchev–Trinajstić information content (AvgIpc) is 2.70. The Morgan fingerprint density at radius 1 is 1.15 bits per heavy atom. The smallest absolute Gasteiger partial charge is 0.123 e. The summed E-state index contributed by atoms with van der Waals surface area (Å²) in [5.74, 6) is 2.34. The number of hydrogen-bond acceptors (Lipinski definition) is 3. The van der Waals surface area contributed by atoms with Gasteiger partial charge < -0.3 is 15.4 Å². The lowest BCUT2D eigenvalue weighted by atomic mass is 9.69. The Kier molecular flexibility index (Phi) is 5.72. The predicted octanol–water partition coefficient (Wildman–Crippen LogP) is 4.96. The Bertz CT molecular complexity index is 766. The molecule has 5 unspecified atom stereocenters. The quantitative estimate of drug-likeness (QED) is 0.764. The van der Waals surface area contributed by atoms with Gasteiger partial charge in [0.05, 0.1) is 7.11 Å². The maximum atomic E-state index is 6.22. The van der Waals surface area contributed by atoms with Crippen LogP contribution >= 0.6 is 11.6 Å². The van der Waals surface area contributed by atoms with Crippen LogP contribution in [0.2, 0.25) is 5.02 Å². The van der Waals surface area contributed by atoms with E-state index in [1.54, 1.807) is 7.11 Å². The van der Waals surface area contributed by atoms with Crippen LogP contribution in [0.5, 0.6) is 5.75 Å². The zero-order chi connectivity index (χ0) is 18.8. The van der Waals surface area contributed by atoms with Crippen molar-refractivity contribution in [3.05, 3.63) is 64.7 Å². The number of rotatable bonds is 5. The first kappa shape index (κ1) is 18.8. The minimum Gasteiger partial charge on any atom is -0.496 e. The molecule has 0 spiro atoms. The van der Waals surface area contributed by atoms with Crippen LogP contribution in [-0.2, 0) is 6.54 Å². The van der Waals surface area contributed by atoms with Crippen molar-refractivity contribution < 1.29 is 4.74 Å². The van der Waals surface area contributed by atoms with Gasteiger partial charge in [0, 0.05) is 35.3 Å². The van der Waals surface area contributed by atoms with Gasteiger partial charge in [-0.05, 0) is 54.9 Å². The number of benzene rings is 2. The first-order valence-corrected chi connectivity index (χ1v) is 10.4. The van der Waals surface area contributed by atoms with Crippen molar-refractivity contribution in [3.8, 4) is 5.75 Å². The van der Waals surface area contributed by atoms with Gasteiger partial charge in [-0.15, -0.1) is 0 Å². The van der Waals surface area contributed by atoms with E-state index in [4.69, 9.17) is 16.3 Å². The molecular weight excluding hydrogens is 356 g/mol. The van der Waals surface area contributed by atoms with E-state index < -0.39 is 0 Å². The molecule has 2 aliphatic rings. The largest absolute Gasteiger partial charge is 0.496 e. The SMILES string of the molecule is COc1ccc(Cl)cc1CNC1C2CCC(C)C(C2)NC1c1ccccc1. The van der Waals surface area contributed by atoms with E-state index in [0.717, 1.165) is 28.8 Å². The third kappa shape index (κ3) is 4.01. The van der Waals surface area contributed by atoms with Crippen molar-refractivity contribution in [1.82, 2.24) is 10.6 Å². The average molecular weight is 385 g/mol. The van der Waals surface area contributed by atoms with Gasteiger partial charge in [-0.1, -0.05) is 48.9 Å². The maximum Gasteiger partial charge on any atom is 0.123 e. The summed E-state index contributed by atoms with van der Waals surface area (Å²) in [5, 5.41) is 8.57. The van der Waals surface area contributed by atoms with Crippen LogP contribution in [0.4, 0.5) is 0 Å². The zero-order valence-corrected chi connectivity index (χ0v) is 16.9. The van der Waals surface area contributed by atoms with Crippen LogP contribution in [0.25, 0.3) is 0 Å². The van der Waals surface area contributed by atoms with E-state index in [1.807, 2.05) is 18.2 Å². The second-order valence-electron chi connectivity index (χ2n) is 8.07. The van der Waals surface area contributed by atoms with Crippen LogP contribution < -0.4 is 15.4 Å². The second-order valence-corrected chi connectivity index (χ2v) is 8.51. The highest BCUT2D eigenvalue weighted by atomic mass is 35.5.